The molecule has 0 aromatic carbocycles. The molecule has 1 N–H and O–H groups in total. The van der Waals surface area contributed by atoms with Crippen molar-refractivity contribution >= 4 is 13.6 Å². The molecular weight excluding hydrogens is 125 g/mol. The Morgan fingerprint density at radius 2 is 1.50 bits per heavy atom. The Balaban J connectivity index is 4.65. The minimum atomic E-state index is -3.29. The molecule has 0 radical (unpaired) electrons. The van der Waals surface area contributed by atoms with Crippen LogP contribution < -0.4 is 0 Å². The molecule has 4 heteroatoms. The first kappa shape index (κ1) is 3.92. The van der Waals surface area contributed by atoms with Gasteiger partial charge in [-0.3, -0.25) is 0 Å². The third-order valence-electron chi connectivity index (χ3n) is 0. The zero-order valence-corrected chi connectivity index (χ0v) is 3.44. The van der Waals surface area contributed by atoms with Crippen molar-refractivity contribution in [3.8, 4) is 0 Å². The topological polar surface area (TPSA) is 58.0 Å². The first-order valence-electron chi connectivity index (χ1n) is 0.537. The van der Waals surface area contributed by atoms with E-state index in [0.717, 1.165) is 0 Å². The molecule has 0 saturated heterocycles. The van der Waals surface area contributed by atoms with Gasteiger partial charge in [-0.15, -0.1) is 0 Å². The van der Waals surface area contributed by atoms with Gasteiger partial charge < -0.3 is 0 Å². The van der Waals surface area contributed by atoms with Crippen molar-refractivity contribution < 1.29 is 7.67 Å². The summed E-state index contributed by atoms with van der Waals surface area (Å²) in [5.74, 6) is 0. The molecule has 0 rings (SSSR count). The third kappa shape index (κ3) is 250. The molecule has 0 bridgehead atoms. The van der Waals surface area contributed by atoms with Crippen LogP contribution in [0.15, 0.2) is 0 Å². The van der Waals surface area contributed by atoms with Crippen LogP contribution in [0, 0.1) is 4.38 Å². The monoisotopic (exact) mass is 127 g/mol. The summed E-state index contributed by atoms with van der Waals surface area (Å²) in [6.07, 6.45) is 0. The first-order valence-corrected chi connectivity index (χ1v) is 2.79. The van der Waals surface area contributed by atoms with Gasteiger partial charge in [0.05, 0.1) is 0 Å². The molecule has 0 heterocycles. The summed E-state index contributed by atoms with van der Waals surface area (Å²) in [6, 6.07) is 0. The summed E-state index contributed by atoms with van der Waals surface area (Å²) in [5, 5.41) is 0. The van der Waals surface area contributed by atoms with Crippen LogP contribution in [-0.2, 0) is 7.67 Å². The average molecular weight is 126 g/mol. The van der Waals surface area contributed by atoms with Gasteiger partial charge in [-0.2, -0.15) is 0 Å². The normalized spacial score (nSPS) is 6.00. The van der Waals surface area contributed by atoms with E-state index in [1.54, 1.807) is 0 Å². The van der Waals surface area contributed by atoms with Gasteiger partial charge in [-0.1, -0.05) is 0 Å². The number of hydrogen-bond donors (Lipinski definition) is 1. The van der Waals surface area contributed by atoms with Crippen molar-refractivity contribution in [3.63, 3.8) is 0 Å². The first-order chi connectivity index (χ1) is 1.73. The standard InChI is InChI=1S/HNO2Se/c1-4(2)3/h1H. The number of rotatable bonds is 0. The van der Waals surface area contributed by atoms with Crippen molar-refractivity contribution in [3.05, 3.63) is 0 Å². The SMILES string of the molecule is N=[Se](=O)=O. The number of nitrogens with one attached hydrogen (secondary N) is 1. The van der Waals surface area contributed by atoms with Crippen LogP contribution in [0.3, 0.4) is 0 Å². The molecule has 0 aliphatic heterocycles. The summed E-state index contributed by atoms with van der Waals surface area (Å²) in [6.45, 7) is 0. The van der Waals surface area contributed by atoms with Crippen LogP contribution in [0.5, 0.6) is 0 Å². The predicted octanol–water partition coefficient (Wildman–Crippen LogP) is -0.320. The van der Waals surface area contributed by atoms with E-state index in [0.29, 0.717) is 0 Å². The zero-order valence-electron chi connectivity index (χ0n) is 1.72. The Morgan fingerprint density at radius 1 is 1.50 bits per heavy atom. The molecule has 0 aromatic heterocycles. The summed E-state index contributed by atoms with van der Waals surface area (Å²) in [5.41, 5.74) is 0. The summed E-state index contributed by atoms with van der Waals surface area (Å²) < 4.78 is 23.1. The maximum atomic E-state index is 8.76. The second-order valence-electron chi connectivity index (χ2n) is 0.235. The molecule has 0 atom stereocenters. The fraction of sp³-hybridized carbons (Fsp3) is 0. The van der Waals surface area contributed by atoms with Gasteiger partial charge in [0.1, 0.15) is 0 Å². The fourth-order valence-electron chi connectivity index (χ4n) is 0. The second-order valence-corrected chi connectivity index (χ2v) is 1.22. The van der Waals surface area contributed by atoms with Gasteiger partial charge in [0.25, 0.3) is 0 Å². The molecule has 3 nitrogen and oxygen atoms in total. The van der Waals surface area contributed by atoms with E-state index in [9.17, 15) is 0 Å². The van der Waals surface area contributed by atoms with Crippen molar-refractivity contribution in [2.24, 2.45) is 0 Å². The molecule has 0 fully saturated rings. The van der Waals surface area contributed by atoms with Crippen LogP contribution >= 0.6 is 0 Å². The van der Waals surface area contributed by atoms with Crippen molar-refractivity contribution in [1.29, 1.82) is 4.38 Å². The van der Waals surface area contributed by atoms with E-state index in [2.05, 4.69) is 0 Å². The average Bonchev–Trinajstić information content (AvgIpc) is 0.811. The van der Waals surface area contributed by atoms with E-state index < -0.39 is 13.6 Å². The Hall–Kier alpha value is -0.0805. The van der Waals surface area contributed by atoms with Crippen molar-refractivity contribution in [2.75, 3.05) is 0 Å². The van der Waals surface area contributed by atoms with E-state index in [1.165, 1.54) is 0 Å². The molecule has 4 heavy (non-hydrogen) atoms. The molecule has 0 aromatic rings. The van der Waals surface area contributed by atoms with Gasteiger partial charge in [0, 0.05) is 0 Å². The Bertz CT molecular complexity index is 75.4. The van der Waals surface area contributed by atoms with Gasteiger partial charge in [0.2, 0.25) is 0 Å². The van der Waals surface area contributed by atoms with E-state index in [4.69, 9.17) is 12.0 Å². The Labute approximate surface area is 26.5 Å². The number of hydrogen-bond acceptors (Lipinski definition) is 3. The van der Waals surface area contributed by atoms with E-state index in [-0.39, 0.29) is 0 Å². The van der Waals surface area contributed by atoms with Crippen molar-refractivity contribution in [1.82, 2.24) is 0 Å². The predicted molar refractivity (Wildman–Crippen MR) is 9.85 cm³/mol. The fourth-order valence-corrected chi connectivity index (χ4v) is 0. The quantitative estimate of drug-likeness (QED) is 0.452. The summed E-state index contributed by atoms with van der Waals surface area (Å²) in [4.78, 5) is 0. The molecule has 24 valence electrons. The van der Waals surface area contributed by atoms with E-state index >= 15 is 0 Å². The second kappa shape index (κ2) is 1.26. The van der Waals surface area contributed by atoms with Crippen LogP contribution in [0.25, 0.3) is 0 Å². The van der Waals surface area contributed by atoms with Gasteiger partial charge in [-0.05, 0) is 0 Å². The molecule has 0 amide bonds. The Morgan fingerprint density at radius 3 is 1.50 bits per heavy atom. The van der Waals surface area contributed by atoms with Gasteiger partial charge in [0.15, 0.2) is 0 Å². The summed E-state index contributed by atoms with van der Waals surface area (Å²) in [7, 11) is 0. The molecule has 0 spiro atoms. The Kier molecular flexibility index (Phi) is 1.24. The van der Waals surface area contributed by atoms with E-state index in [1.807, 2.05) is 0 Å². The van der Waals surface area contributed by atoms with Gasteiger partial charge in [-0.25, -0.2) is 0 Å². The van der Waals surface area contributed by atoms with Crippen LogP contribution in [-0.4, -0.2) is 13.6 Å². The maximum absolute atomic E-state index is 8.76. The molecule has 0 aliphatic rings. The van der Waals surface area contributed by atoms with Crippen LogP contribution in [0.4, 0.5) is 0 Å². The molecule has 0 saturated carbocycles. The molecular formula is HNO2Se. The molecule has 0 unspecified atom stereocenters. The van der Waals surface area contributed by atoms with Gasteiger partial charge >= 0.3 is 25.6 Å². The zero-order chi connectivity index (χ0) is 3.58. The third-order valence-corrected chi connectivity index (χ3v) is 0. The molecule has 0 aliphatic carbocycles. The minimum absolute atomic E-state index is 3.29. The van der Waals surface area contributed by atoms with Crippen molar-refractivity contribution in [2.45, 2.75) is 0 Å². The van der Waals surface area contributed by atoms with Crippen LogP contribution in [0.2, 0.25) is 0 Å². The summed E-state index contributed by atoms with van der Waals surface area (Å²) >= 11 is -3.29. The van der Waals surface area contributed by atoms with Crippen LogP contribution in [0.1, 0.15) is 0 Å².